The summed E-state index contributed by atoms with van der Waals surface area (Å²) in [5, 5.41) is 3.30. The van der Waals surface area contributed by atoms with Crippen molar-refractivity contribution in [2.45, 2.75) is 19.6 Å². The van der Waals surface area contributed by atoms with Crippen molar-refractivity contribution in [3.8, 4) is 0 Å². The topological polar surface area (TPSA) is 37.8 Å². The van der Waals surface area contributed by atoms with Crippen molar-refractivity contribution in [1.82, 2.24) is 9.97 Å². The van der Waals surface area contributed by atoms with Gasteiger partial charge in [0, 0.05) is 12.6 Å². The molecule has 0 aliphatic heterocycles. The highest BCUT2D eigenvalue weighted by Crippen LogP contribution is 2.29. The first-order valence-corrected chi connectivity index (χ1v) is 6.13. The van der Waals surface area contributed by atoms with E-state index in [9.17, 15) is 13.2 Å². The second kappa shape index (κ2) is 5.66. The molecule has 0 aliphatic rings. The number of halogens is 4. The minimum absolute atomic E-state index is 0.312. The quantitative estimate of drug-likeness (QED) is 0.868. The fourth-order valence-corrected chi connectivity index (χ4v) is 1.85. The Morgan fingerprint density at radius 2 is 1.80 bits per heavy atom. The zero-order chi connectivity index (χ0) is 14.8. The van der Waals surface area contributed by atoms with Gasteiger partial charge in [-0.05, 0) is 24.6 Å². The lowest BCUT2D eigenvalue weighted by Crippen LogP contribution is -2.06. The molecule has 0 spiro atoms. The van der Waals surface area contributed by atoms with Crippen molar-refractivity contribution in [2.24, 2.45) is 0 Å². The number of rotatable bonds is 3. The Kier molecular flexibility index (Phi) is 4.13. The third kappa shape index (κ3) is 3.84. The second-order valence-corrected chi connectivity index (χ2v) is 4.56. The summed E-state index contributed by atoms with van der Waals surface area (Å²) in [6, 6.07) is 6.50. The molecule has 0 radical (unpaired) electrons. The first kappa shape index (κ1) is 14.6. The summed E-state index contributed by atoms with van der Waals surface area (Å²) in [6.45, 7) is 2.06. The lowest BCUT2D eigenvalue weighted by atomic mass is 10.1. The van der Waals surface area contributed by atoms with E-state index >= 15 is 0 Å². The summed E-state index contributed by atoms with van der Waals surface area (Å²) >= 11 is 5.79. The van der Waals surface area contributed by atoms with Gasteiger partial charge in [0.05, 0.1) is 5.56 Å². The van der Waals surface area contributed by atoms with E-state index in [4.69, 9.17) is 11.6 Å². The van der Waals surface area contributed by atoms with Crippen molar-refractivity contribution in [2.75, 3.05) is 5.32 Å². The van der Waals surface area contributed by atoms with Crippen LogP contribution in [-0.2, 0) is 12.7 Å². The van der Waals surface area contributed by atoms with Crippen LogP contribution in [0.5, 0.6) is 0 Å². The van der Waals surface area contributed by atoms with E-state index in [0.29, 0.717) is 28.9 Å². The summed E-state index contributed by atoms with van der Waals surface area (Å²) in [6.07, 6.45) is -4.32. The van der Waals surface area contributed by atoms with Crippen LogP contribution in [0, 0.1) is 6.92 Å². The number of nitrogens with zero attached hydrogens (tertiary/aromatic N) is 2. The molecular weight excluding hydrogens is 291 g/mol. The van der Waals surface area contributed by atoms with Crippen molar-refractivity contribution in [3.63, 3.8) is 0 Å². The van der Waals surface area contributed by atoms with Gasteiger partial charge in [-0.15, -0.1) is 0 Å². The molecule has 1 aromatic heterocycles. The average molecular weight is 302 g/mol. The van der Waals surface area contributed by atoms with E-state index in [1.54, 1.807) is 13.0 Å². The molecule has 1 heterocycles. The molecule has 0 fully saturated rings. The van der Waals surface area contributed by atoms with Gasteiger partial charge in [0.1, 0.15) is 16.8 Å². The SMILES string of the molecule is Cc1nc(Cl)cc(NCc2ccc(C(F)(F)F)cc2)n1. The number of aryl methyl sites for hydroxylation is 1. The molecule has 1 N–H and O–H groups in total. The lowest BCUT2D eigenvalue weighted by molar-refractivity contribution is -0.137. The fourth-order valence-electron chi connectivity index (χ4n) is 1.63. The summed E-state index contributed by atoms with van der Waals surface area (Å²) in [5.41, 5.74) is 0.0487. The molecule has 2 aromatic rings. The minimum atomic E-state index is -4.32. The Morgan fingerprint density at radius 1 is 1.15 bits per heavy atom. The molecule has 3 nitrogen and oxygen atoms in total. The fraction of sp³-hybridized carbons (Fsp3) is 0.231. The van der Waals surface area contributed by atoms with Crippen LogP contribution in [0.1, 0.15) is 17.0 Å². The number of nitrogens with one attached hydrogen (secondary N) is 1. The Hall–Kier alpha value is -1.82. The van der Waals surface area contributed by atoms with Gasteiger partial charge >= 0.3 is 6.18 Å². The molecule has 0 bridgehead atoms. The van der Waals surface area contributed by atoms with Crippen LogP contribution in [0.3, 0.4) is 0 Å². The van der Waals surface area contributed by atoms with Gasteiger partial charge in [-0.3, -0.25) is 0 Å². The monoisotopic (exact) mass is 301 g/mol. The number of alkyl halides is 3. The summed E-state index contributed by atoms with van der Waals surface area (Å²) in [5.74, 6) is 1.05. The number of hydrogen-bond acceptors (Lipinski definition) is 3. The van der Waals surface area contributed by atoms with Gasteiger partial charge in [0.25, 0.3) is 0 Å². The molecule has 0 aliphatic carbocycles. The molecule has 7 heteroatoms. The molecule has 1 aromatic carbocycles. The highest BCUT2D eigenvalue weighted by molar-refractivity contribution is 6.29. The molecule has 0 unspecified atom stereocenters. The predicted octanol–water partition coefficient (Wildman–Crippen LogP) is 4.07. The van der Waals surface area contributed by atoms with Gasteiger partial charge in [0.15, 0.2) is 0 Å². The van der Waals surface area contributed by atoms with Gasteiger partial charge in [0.2, 0.25) is 0 Å². The Labute approximate surface area is 118 Å². The molecule has 0 atom stereocenters. The number of benzene rings is 1. The van der Waals surface area contributed by atoms with E-state index < -0.39 is 11.7 Å². The first-order valence-electron chi connectivity index (χ1n) is 5.76. The number of aromatic nitrogens is 2. The van der Waals surface area contributed by atoms with Gasteiger partial charge in [-0.2, -0.15) is 13.2 Å². The van der Waals surface area contributed by atoms with Gasteiger partial charge < -0.3 is 5.32 Å². The number of anilines is 1. The zero-order valence-corrected chi connectivity index (χ0v) is 11.3. The summed E-state index contributed by atoms with van der Waals surface area (Å²) in [7, 11) is 0. The van der Waals surface area contributed by atoms with Crippen LogP contribution in [0.2, 0.25) is 5.15 Å². The first-order chi connectivity index (χ1) is 9.34. The molecule has 2 rings (SSSR count). The van der Waals surface area contributed by atoms with Crippen LogP contribution < -0.4 is 5.32 Å². The third-order valence-corrected chi connectivity index (χ3v) is 2.76. The van der Waals surface area contributed by atoms with E-state index in [1.807, 2.05) is 0 Å². The van der Waals surface area contributed by atoms with Crippen LogP contribution in [0.25, 0.3) is 0 Å². The smallest absolute Gasteiger partial charge is 0.366 e. The Balaban J connectivity index is 2.04. The normalized spacial score (nSPS) is 11.4. The average Bonchev–Trinajstić information content (AvgIpc) is 2.35. The van der Waals surface area contributed by atoms with Crippen LogP contribution >= 0.6 is 11.6 Å². The maximum atomic E-state index is 12.4. The minimum Gasteiger partial charge on any atom is -0.366 e. The van der Waals surface area contributed by atoms with E-state index in [1.165, 1.54) is 12.1 Å². The summed E-state index contributed by atoms with van der Waals surface area (Å²) < 4.78 is 37.2. The Bertz CT molecular complexity index is 577. The zero-order valence-electron chi connectivity index (χ0n) is 10.5. The van der Waals surface area contributed by atoms with Gasteiger partial charge in [-0.1, -0.05) is 23.7 Å². The van der Waals surface area contributed by atoms with E-state index in [-0.39, 0.29) is 0 Å². The molecule has 0 saturated carbocycles. The van der Waals surface area contributed by atoms with Crippen LogP contribution in [0.15, 0.2) is 30.3 Å². The molecule has 0 amide bonds. The second-order valence-electron chi connectivity index (χ2n) is 4.17. The molecular formula is C13H11ClF3N3. The van der Waals surface area contributed by atoms with E-state index in [2.05, 4.69) is 15.3 Å². The van der Waals surface area contributed by atoms with Crippen molar-refractivity contribution < 1.29 is 13.2 Å². The number of hydrogen-bond donors (Lipinski definition) is 1. The summed E-state index contributed by atoms with van der Waals surface area (Å²) in [4.78, 5) is 8.04. The van der Waals surface area contributed by atoms with Gasteiger partial charge in [-0.25, -0.2) is 9.97 Å². The van der Waals surface area contributed by atoms with Crippen molar-refractivity contribution in [3.05, 3.63) is 52.4 Å². The maximum absolute atomic E-state index is 12.4. The van der Waals surface area contributed by atoms with Crippen molar-refractivity contribution in [1.29, 1.82) is 0 Å². The maximum Gasteiger partial charge on any atom is 0.416 e. The third-order valence-electron chi connectivity index (χ3n) is 2.56. The standard InChI is InChI=1S/C13H11ClF3N3/c1-8-19-11(14)6-12(20-8)18-7-9-2-4-10(5-3-9)13(15,16)17/h2-6H,7H2,1H3,(H,18,19,20). The molecule has 20 heavy (non-hydrogen) atoms. The van der Waals surface area contributed by atoms with Crippen LogP contribution in [0.4, 0.5) is 19.0 Å². The predicted molar refractivity (Wildman–Crippen MR) is 70.5 cm³/mol. The molecule has 106 valence electrons. The largest absolute Gasteiger partial charge is 0.416 e. The lowest BCUT2D eigenvalue weighted by Gasteiger charge is -2.09. The Morgan fingerprint density at radius 3 is 2.35 bits per heavy atom. The molecule has 0 saturated heterocycles. The van der Waals surface area contributed by atoms with Crippen molar-refractivity contribution >= 4 is 17.4 Å². The van der Waals surface area contributed by atoms with E-state index in [0.717, 1.165) is 12.1 Å². The highest BCUT2D eigenvalue weighted by Gasteiger charge is 2.29. The highest BCUT2D eigenvalue weighted by atomic mass is 35.5. The van der Waals surface area contributed by atoms with Crippen LogP contribution in [-0.4, -0.2) is 9.97 Å².